The highest BCUT2D eigenvalue weighted by atomic mass is 16.4. The van der Waals surface area contributed by atoms with E-state index in [0.717, 1.165) is 22.0 Å². The summed E-state index contributed by atoms with van der Waals surface area (Å²) in [5.41, 5.74) is 8.98. The molecule has 5 heteroatoms. The molecule has 0 amide bonds. The van der Waals surface area contributed by atoms with E-state index in [4.69, 9.17) is 5.73 Å². The standard InChI is InChI=1S/C16H22N2O3/c1-10(2)13-7-12(16(20)21)8-14-11(3-4-17)9-18(5-6-19)15(13)14/h7-10,19H,3-6,17H2,1-2H3,(H,20,21). The lowest BCUT2D eigenvalue weighted by atomic mass is 9.96. The first kappa shape index (κ1) is 15.5. The summed E-state index contributed by atoms with van der Waals surface area (Å²) in [6.07, 6.45) is 2.67. The summed E-state index contributed by atoms with van der Waals surface area (Å²) in [6, 6.07) is 3.44. The third-order valence-corrected chi connectivity index (χ3v) is 3.71. The van der Waals surface area contributed by atoms with E-state index in [9.17, 15) is 15.0 Å². The first-order chi connectivity index (χ1) is 9.99. The van der Waals surface area contributed by atoms with Crippen LogP contribution in [0.25, 0.3) is 10.9 Å². The molecule has 0 unspecified atom stereocenters. The summed E-state index contributed by atoms with van der Waals surface area (Å²) < 4.78 is 2.00. The predicted octanol–water partition coefficient (Wildman–Crippen LogP) is 1.96. The number of carboxylic acid groups (broad SMARTS) is 1. The van der Waals surface area contributed by atoms with Crippen molar-refractivity contribution in [1.29, 1.82) is 0 Å². The Hall–Kier alpha value is -1.85. The average molecular weight is 290 g/mol. The maximum atomic E-state index is 11.3. The summed E-state index contributed by atoms with van der Waals surface area (Å²) in [4.78, 5) is 11.3. The topological polar surface area (TPSA) is 88.5 Å². The second-order valence-corrected chi connectivity index (χ2v) is 5.53. The number of aliphatic hydroxyl groups excluding tert-OH is 1. The average Bonchev–Trinajstić information content (AvgIpc) is 2.77. The molecule has 0 atom stereocenters. The molecule has 0 fully saturated rings. The first-order valence-corrected chi connectivity index (χ1v) is 7.19. The number of benzene rings is 1. The Morgan fingerprint density at radius 2 is 2.10 bits per heavy atom. The third kappa shape index (κ3) is 2.94. The predicted molar refractivity (Wildman–Crippen MR) is 82.8 cm³/mol. The quantitative estimate of drug-likeness (QED) is 0.758. The summed E-state index contributed by atoms with van der Waals surface area (Å²) in [6.45, 7) is 5.13. The van der Waals surface area contributed by atoms with Crippen molar-refractivity contribution in [2.45, 2.75) is 32.7 Å². The monoisotopic (exact) mass is 290 g/mol. The Bertz CT molecular complexity index is 659. The van der Waals surface area contributed by atoms with Gasteiger partial charge in [0.1, 0.15) is 0 Å². The number of nitrogens with two attached hydrogens (primary N) is 1. The van der Waals surface area contributed by atoms with Gasteiger partial charge < -0.3 is 20.5 Å². The number of hydrogen-bond donors (Lipinski definition) is 3. The van der Waals surface area contributed by atoms with E-state index < -0.39 is 5.97 Å². The number of nitrogens with zero attached hydrogens (tertiary/aromatic N) is 1. The largest absolute Gasteiger partial charge is 0.478 e. The van der Waals surface area contributed by atoms with Crippen LogP contribution in [0.3, 0.4) is 0 Å². The number of hydrogen-bond acceptors (Lipinski definition) is 3. The summed E-state index contributed by atoms with van der Waals surface area (Å²) in [5.74, 6) is -0.725. The number of aromatic nitrogens is 1. The minimum atomic E-state index is -0.924. The molecular weight excluding hydrogens is 268 g/mol. The van der Waals surface area contributed by atoms with Crippen molar-refractivity contribution >= 4 is 16.9 Å². The smallest absolute Gasteiger partial charge is 0.335 e. The molecule has 2 rings (SSSR count). The Labute approximate surface area is 124 Å². The zero-order valence-electron chi connectivity index (χ0n) is 12.5. The molecule has 0 spiro atoms. The molecule has 0 saturated heterocycles. The van der Waals surface area contributed by atoms with Gasteiger partial charge in [-0.25, -0.2) is 4.79 Å². The van der Waals surface area contributed by atoms with Crippen molar-refractivity contribution in [3.63, 3.8) is 0 Å². The van der Waals surface area contributed by atoms with E-state index >= 15 is 0 Å². The van der Waals surface area contributed by atoms with Crippen LogP contribution in [-0.2, 0) is 13.0 Å². The van der Waals surface area contributed by atoms with Crippen LogP contribution in [0.5, 0.6) is 0 Å². The molecule has 4 N–H and O–H groups in total. The highest BCUT2D eigenvalue weighted by molar-refractivity contribution is 5.97. The fourth-order valence-electron chi connectivity index (χ4n) is 2.75. The van der Waals surface area contributed by atoms with Crippen LogP contribution in [0.4, 0.5) is 0 Å². The molecule has 0 aliphatic rings. The Balaban J connectivity index is 2.79. The number of carbonyl (C=O) groups is 1. The third-order valence-electron chi connectivity index (χ3n) is 3.71. The minimum absolute atomic E-state index is 0.0457. The van der Waals surface area contributed by atoms with Crippen LogP contribution < -0.4 is 5.73 Å². The molecule has 0 aliphatic heterocycles. The van der Waals surface area contributed by atoms with Gasteiger partial charge in [-0.15, -0.1) is 0 Å². The van der Waals surface area contributed by atoms with Crippen molar-refractivity contribution in [1.82, 2.24) is 4.57 Å². The summed E-state index contributed by atoms with van der Waals surface area (Å²) >= 11 is 0. The van der Waals surface area contributed by atoms with Gasteiger partial charge in [-0.3, -0.25) is 0 Å². The fourth-order valence-corrected chi connectivity index (χ4v) is 2.75. The minimum Gasteiger partial charge on any atom is -0.478 e. The van der Waals surface area contributed by atoms with Gasteiger partial charge in [0.05, 0.1) is 17.7 Å². The highest BCUT2D eigenvalue weighted by Crippen LogP contribution is 2.31. The lowest BCUT2D eigenvalue weighted by Crippen LogP contribution is -2.05. The summed E-state index contributed by atoms with van der Waals surface area (Å²) in [5, 5.41) is 19.5. The van der Waals surface area contributed by atoms with Gasteiger partial charge in [0.15, 0.2) is 0 Å². The van der Waals surface area contributed by atoms with Crippen molar-refractivity contribution in [3.05, 3.63) is 35.0 Å². The molecule has 0 saturated carbocycles. The SMILES string of the molecule is CC(C)c1cc(C(=O)O)cc2c(CCN)cn(CCO)c12. The number of aliphatic hydroxyl groups is 1. The van der Waals surface area contributed by atoms with Crippen molar-refractivity contribution in [2.24, 2.45) is 5.73 Å². The van der Waals surface area contributed by atoms with Crippen molar-refractivity contribution in [3.8, 4) is 0 Å². The molecule has 1 aromatic carbocycles. The van der Waals surface area contributed by atoms with Crippen LogP contribution >= 0.6 is 0 Å². The maximum Gasteiger partial charge on any atom is 0.335 e. The molecular formula is C16H22N2O3. The Morgan fingerprint density at radius 1 is 1.38 bits per heavy atom. The Morgan fingerprint density at radius 3 is 2.62 bits per heavy atom. The molecule has 0 radical (unpaired) electrons. The van der Waals surface area contributed by atoms with E-state index in [1.807, 2.05) is 24.6 Å². The van der Waals surface area contributed by atoms with Gasteiger partial charge in [0.2, 0.25) is 0 Å². The zero-order valence-corrected chi connectivity index (χ0v) is 12.5. The van der Waals surface area contributed by atoms with Crippen molar-refractivity contribution in [2.75, 3.05) is 13.2 Å². The van der Waals surface area contributed by atoms with E-state index in [1.54, 1.807) is 12.1 Å². The highest BCUT2D eigenvalue weighted by Gasteiger charge is 2.17. The van der Waals surface area contributed by atoms with Gasteiger partial charge in [-0.05, 0) is 42.1 Å². The van der Waals surface area contributed by atoms with E-state index in [0.29, 0.717) is 25.1 Å². The molecule has 5 nitrogen and oxygen atoms in total. The maximum absolute atomic E-state index is 11.3. The molecule has 1 aromatic heterocycles. The molecule has 2 aromatic rings. The van der Waals surface area contributed by atoms with E-state index in [1.165, 1.54) is 0 Å². The van der Waals surface area contributed by atoms with Crippen LogP contribution in [0, 0.1) is 0 Å². The van der Waals surface area contributed by atoms with Crippen molar-refractivity contribution < 1.29 is 15.0 Å². The second-order valence-electron chi connectivity index (χ2n) is 5.53. The van der Waals surface area contributed by atoms with Gasteiger partial charge in [0, 0.05) is 18.1 Å². The lowest BCUT2D eigenvalue weighted by Gasteiger charge is -2.13. The first-order valence-electron chi connectivity index (χ1n) is 7.19. The van der Waals surface area contributed by atoms with Crippen LogP contribution in [0.2, 0.25) is 0 Å². The number of rotatable bonds is 6. The van der Waals surface area contributed by atoms with Gasteiger partial charge in [-0.2, -0.15) is 0 Å². The Kier molecular flexibility index (Phi) is 4.65. The normalized spacial score (nSPS) is 11.5. The molecule has 0 bridgehead atoms. The molecule has 114 valence electrons. The van der Waals surface area contributed by atoms with Gasteiger partial charge in [0.25, 0.3) is 0 Å². The fraction of sp³-hybridized carbons (Fsp3) is 0.438. The molecule has 0 aliphatic carbocycles. The second kappa shape index (κ2) is 6.28. The van der Waals surface area contributed by atoms with Crippen LogP contribution in [0.15, 0.2) is 18.3 Å². The van der Waals surface area contributed by atoms with Crippen LogP contribution in [-0.4, -0.2) is 33.9 Å². The van der Waals surface area contributed by atoms with Crippen LogP contribution in [0.1, 0.15) is 41.3 Å². The number of aromatic carboxylic acids is 1. The molecule has 21 heavy (non-hydrogen) atoms. The number of carboxylic acids is 1. The van der Waals surface area contributed by atoms with E-state index in [-0.39, 0.29) is 12.5 Å². The van der Waals surface area contributed by atoms with Gasteiger partial charge >= 0.3 is 5.97 Å². The molecule has 1 heterocycles. The zero-order chi connectivity index (χ0) is 15.6. The van der Waals surface area contributed by atoms with E-state index in [2.05, 4.69) is 0 Å². The number of fused-ring (bicyclic) bond motifs is 1. The van der Waals surface area contributed by atoms with Gasteiger partial charge in [-0.1, -0.05) is 13.8 Å². The lowest BCUT2D eigenvalue weighted by molar-refractivity contribution is 0.0697. The summed E-state index contributed by atoms with van der Waals surface area (Å²) in [7, 11) is 0.